The van der Waals surface area contributed by atoms with Gasteiger partial charge in [0.2, 0.25) is 0 Å². The maximum atomic E-state index is 10.3. The third-order valence-electron chi connectivity index (χ3n) is 1.57. The van der Waals surface area contributed by atoms with Crippen molar-refractivity contribution in [2.45, 2.75) is 0 Å². The summed E-state index contributed by atoms with van der Waals surface area (Å²) in [6, 6.07) is -0.614. The molecule has 16 heavy (non-hydrogen) atoms. The standard InChI is InChI=1S/C8H20N3O4P/c1-11(2,3)5-7-15-16(13)14-6-4-10-8(9)12/h13H,4-7H2,1-3H3,(H2-,9,10,12)/p+1. The highest BCUT2D eigenvalue weighted by atomic mass is 31.2. The lowest BCUT2D eigenvalue weighted by Crippen LogP contribution is -2.37. The van der Waals surface area contributed by atoms with Crippen LogP contribution in [0, 0.1) is 0 Å². The molecule has 0 radical (unpaired) electrons. The van der Waals surface area contributed by atoms with Crippen LogP contribution in [0.3, 0.4) is 0 Å². The van der Waals surface area contributed by atoms with Gasteiger partial charge >= 0.3 is 14.6 Å². The van der Waals surface area contributed by atoms with E-state index in [-0.39, 0.29) is 13.2 Å². The number of amides is 2. The van der Waals surface area contributed by atoms with E-state index in [0.717, 1.165) is 11.0 Å². The van der Waals surface area contributed by atoms with Crippen LogP contribution in [-0.4, -0.2) is 62.9 Å². The molecule has 0 aliphatic carbocycles. The van der Waals surface area contributed by atoms with Crippen molar-refractivity contribution in [1.82, 2.24) is 5.32 Å². The van der Waals surface area contributed by atoms with E-state index in [1.807, 2.05) is 21.1 Å². The van der Waals surface area contributed by atoms with Crippen LogP contribution in [0.25, 0.3) is 0 Å². The van der Waals surface area contributed by atoms with Crippen molar-refractivity contribution in [3.05, 3.63) is 0 Å². The van der Waals surface area contributed by atoms with Gasteiger partial charge in [0, 0.05) is 6.54 Å². The molecule has 0 aromatic rings. The Morgan fingerprint density at radius 1 is 1.38 bits per heavy atom. The van der Waals surface area contributed by atoms with E-state index in [1.54, 1.807) is 0 Å². The number of carbonyl (C=O) groups is 1. The summed E-state index contributed by atoms with van der Waals surface area (Å²) in [6.07, 6.45) is 0. The molecule has 0 saturated carbocycles. The number of hydrogen-bond acceptors (Lipinski definition) is 4. The lowest BCUT2D eigenvalue weighted by atomic mass is 10.5. The van der Waals surface area contributed by atoms with Crippen LogP contribution >= 0.6 is 8.60 Å². The van der Waals surface area contributed by atoms with Gasteiger partial charge in [-0.3, -0.25) is 0 Å². The van der Waals surface area contributed by atoms with Crippen molar-refractivity contribution in [3.63, 3.8) is 0 Å². The zero-order chi connectivity index (χ0) is 12.6. The number of likely N-dealkylation sites (N-methyl/N-ethyl adjacent to an activating group) is 1. The topological polar surface area (TPSA) is 93.8 Å². The van der Waals surface area contributed by atoms with E-state index in [1.165, 1.54) is 0 Å². The van der Waals surface area contributed by atoms with Crippen LogP contribution in [0.15, 0.2) is 0 Å². The van der Waals surface area contributed by atoms with Gasteiger partial charge in [-0.15, -0.1) is 0 Å². The highest BCUT2D eigenvalue weighted by molar-refractivity contribution is 7.40. The highest BCUT2D eigenvalue weighted by Crippen LogP contribution is 2.31. The van der Waals surface area contributed by atoms with Crippen molar-refractivity contribution in [1.29, 1.82) is 0 Å². The zero-order valence-electron chi connectivity index (χ0n) is 9.97. The molecule has 96 valence electrons. The Morgan fingerprint density at radius 3 is 2.44 bits per heavy atom. The minimum Gasteiger partial charge on any atom is -0.352 e. The molecule has 1 unspecified atom stereocenters. The Bertz CT molecular complexity index is 210. The summed E-state index contributed by atoms with van der Waals surface area (Å²) in [4.78, 5) is 19.6. The Morgan fingerprint density at radius 2 is 1.94 bits per heavy atom. The summed E-state index contributed by atoms with van der Waals surface area (Å²) in [5, 5.41) is 2.34. The minimum atomic E-state index is -1.87. The third-order valence-corrected chi connectivity index (χ3v) is 2.37. The van der Waals surface area contributed by atoms with Crippen LogP contribution < -0.4 is 11.1 Å². The molecule has 4 N–H and O–H groups in total. The van der Waals surface area contributed by atoms with Gasteiger partial charge in [-0.05, 0) is 0 Å². The second-order valence-corrected chi connectivity index (χ2v) is 5.20. The summed E-state index contributed by atoms with van der Waals surface area (Å²) in [6.45, 7) is 1.64. The van der Waals surface area contributed by atoms with Crippen molar-refractivity contribution >= 4 is 14.6 Å². The molecule has 0 aromatic carbocycles. The lowest BCUT2D eigenvalue weighted by Gasteiger charge is -2.23. The second-order valence-electron chi connectivity index (χ2n) is 4.21. The van der Waals surface area contributed by atoms with Crippen molar-refractivity contribution in [3.8, 4) is 0 Å². The predicted molar refractivity (Wildman–Crippen MR) is 61.5 cm³/mol. The van der Waals surface area contributed by atoms with Crippen LogP contribution in [0.1, 0.15) is 0 Å². The van der Waals surface area contributed by atoms with Crippen LogP contribution in [0.2, 0.25) is 0 Å². The summed E-state index contributed by atoms with van der Waals surface area (Å²) in [7, 11) is 4.22. The molecule has 7 nitrogen and oxygen atoms in total. The molecule has 0 spiro atoms. The SMILES string of the molecule is C[N+](C)(C)CCOP(O)OCCNC(N)=O. The van der Waals surface area contributed by atoms with Crippen LogP contribution in [0.5, 0.6) is 0 Å². The molecule has 1 atom stereocenters. The van der Waals surface area contributed by atoms with E-state index in [4.69, 9.17) is 14.8 Å². The van der Waals surface area contributed by atoms with Crippen molar-refractivity contribution in [2.24, 2.45) is 5.73 Å². The van der Waals surface area contributed by atoms with Gasteiger partial charge in [0.25, 0.3) is 0 Å². The van der Waals surface area contributed by atoms with Crippen LogP contribution in [-0.2, 0) is 9.05 Å². The number of urea groups is 1. The van der Waals surface area contributed by atoms with Gasteiger partial charge in [-0.25, -0.2) is 4.79 Å². The maximum Gasteiger partial charge on any atom is 0.330 e. The van der Waals surface area contributed by atoms with Gasteiger partial charge in [-0.2, -0.15) is 0 Å². The number of nitrogens with one attached hydrogen (secondary N) is 1. The molecular weight excluding hydrogens is 233 g/mol. The molecule has 0 rings (SSSR count). The summed E-state index contributed by atoms with van der Waals surface area (Å²) in [5.74, 6) is 0. The molecule has 0 heterocycles. The molecule has 0 bridgehead atoms. The molecule has 0 aliphatic rings. The Kier molecular flexibility index (Phi) is 7.53. The first-order chi connectivity index (χ1) is 7.31. The fraction of sp³-hybridized carbons (Fsp3) is 0.875. The van der Waals surface area contributed by atoms with E-state index in [0.29, 0.717) is 6.61 Å². The zero-order valence-corrected chi connectivity index (χ0v) is 10.9. The van der Waals surface area contributed by atoms with E-state index >= 15 is 0 Å². The van der Waals surface area contributed by atoms with Gasteiger partial charge in [0.1, 0.15) is 13.2 Å². The van der Waals surface area contributed by atoms with Gasteiger partial charge in [0.15, 0.2) is 0 Å². The number of carbonyl (C=O) groups excluding carboxylic acids is 1. The van der Waals surface area contributed by atoms with Gasteiger partial charge in [0.05, 0.1) is 27.7 Å². The molecular formula is C8H21N3O4P+. The van der Waals surface area contributed by atoms with E-state index < -0.39 is 14.6 Å². The Balaban J connectivity index is 3.38. The quantitative estimate of drug-likeness (QED) is 0.312. The molecule has 0 saturated heterocycles. The summed E-state index contributed by atoms with van der Waals surface area (Å²) in [5.41, 5.74) is 4.84. The van der Waals surface area contributed by atoms with Crippen molar-refractivity contribution in [2.75, 3.05) is 47.4 Å². The average molecular weight is 254 g/mol. The normalized spacial score (nSPS) is 13.5. The fourth-order valence-electron chi connectivity index (χ4n) is 0.728. The monoisotopic (exact) mass is 254 g/mol. The van der Waals surface area contributed by atoms with Crippen molar-refractivity contribution < 1.29 is 23.2 Å². The molecule has 0 fully saturated rings. The van der Waals surface area contributed by atoms with E-state index in [2.05, 4.69) is 5.32 Å². The minimum absolute atomic E-state index is 0.176. The Labute approximate surface area is 97.1 Å². The Hall–Kier alpha value is -0.460. The largest absolute Gasteiger partial charge is 0.352 e. The second kappa shape index (κ2) is 7.76. The van der Waals surface area contributed by atoms with Crippen LogP contribution in [0.4, 0.5) is 4.79 Å². The smallest absolute Gasteiger partial charge is 0.330 e. The first-order valence-electron chi connectivity index (χ1n) is 4.90. The number of primary amides is 1. The number of hydrogen-bond donors (Lipinski definition) is 3. The first-order valence-corrected chi connectivity index (χ1v) is 6.03. The molecule has 0 aliphatic heterocycles. The number of rotatable bonds is 8. The first kappa shape index (κ1) is 15.5. The maximum absolute atomic E-state index is 10.3. The van der Waals surface area contributed by atoms with Gasteiger partial charge in [-0.1, -0.05) is 0 Å². The summed E-state index contributed by atoms with van der Waals surface area (Å²) < 4.78 is 10.7. The third kappa shape index (κ3) is 11.6. The molecule has 0 aromatic heterocycles. The molecule has 2 amide bonds. The predicted octanol–water partition coefficient (Wildman–Crippen LogP) is -0.387. The van der Waals surface area contributed by atoms with E-state index in [9.17, 15) is 9.69 Å². The fourth-order valence-corrected chi connectivity index (χ4v) is 1.29. The number of nitrogens with zero attached hydrogens (tertiary/aromatic N) is 1. The average Bonchev–Trinajstić information content (AvgIpc) is 2.10. The van der Waals surface area contributed by atoms with Gasteiger partial charge < -0.3 is 29.5 Å². The number of nitrogens with two attached hydrogens (primary N) is 1. The number of quaternary nitrogens is 1. The highest BCUT2D eigenvalue weighted by Gasteiger charge is 2.11. The lowest BCUT2D eigenvalue weighted by molar-refractivity contribution is -0.870. The summed E-state index contributed by atoms with van der Waals surface area (Å²) >= 11 is 0. The molecule has 8 heteroatoms.